The van der Waals surface area contributed by atoms with Crippen molar-refractivity contribution in [3.63, 3.8) is 0 Å². The van der Waals surface area contributed by atoms with Crippen LogP contribution in [0.25, 0.3) is 44.3 Å². The number of ether oxygens (including phenoxy) is 2. The number of benzene rings is 4. The average Bonchev–Trinajstić information content (AvgIpc) is 3.29. The van der Waals surface area contributed by atoms with Gasteiger partial charge in [-0.25, -0.2) is 17.6 Å². The second-order valence-electron chi connectivity index (χ2n) is 14.3. The number of primary amides is 2. The zero-order chi connectivity index (χ0) is 51.3. The molecule has 72 heavy (non-hydrogen) atoms. The van der Waals surface area contributed by atoms with E-state index in [0.717, 1.165) is 36.7 Å². The molecule has 14 N–H and O–H groups in total. The van der Waals surface area contributed by atoms with Crippen molar-refractivity contribution >= 4 is 33.6 Å². The maximum atomic E-state index is 14.4. The lowest BCUT2D eigenvalue weighted by Crippen LogP contribution is -2.17. The molecule has 4 aromatic carbocycles. The van der Waals surface area contributed by atoms with Gasteiger partial charge in [0.05, 0.1) is 44.3 Å². The van der Waals surface area contributed by atoms with E-state index in [9.17, 15) is 82.1 Å². The molecule has 0 aliphatic rings. The Morgan fingerprint density at radius 1 is 0.514 bits per heavy atom. The Labute approximate surface area is 391 Å². The smallest absolute Gasteiger partial charge is 0.419 e. The minimum atomic E-state index is -5.17. The number of fused-ring (bicyclic) bond motifs is 2. The molecule has 0 aliphatic heterocycles. The summed E-state index contributed by atoms with van der Waals surface area (Å²) in [5, 5.41) is 19.2. The lowest BCUT2D eigenvalue weighted by atomic mass is 10.0. The van der Waals surface area contributed by atoms with Gasteiger partial charge in [0, 0.05) is 35.7 Å². The number of pyridine rings is 4. The summed E-state index contributed by atoms with van der Waals surface area (Å²) in [5.41, 5.74) is 3.00. The Morgan fingerprint density at radius 3 is 1.18 bits per heavy atom. The van der Waals surface area contributed by atoms with Gasteiger partial charge in [-0.1, -0.05) is 0 Å². The van der Waals surface area contributed by atoms with E-state index in [1.165, 1.54) is 12.1 Å². The largest absolute Gasteiger partial charge is 0.502 e. The van der Waals surface area contributed by atoms with E-state index in [-0.39, 0.29) is 69.0 Å². The fourth-order valence-electron chi connectivity index (χ4n) is 6.64. The average molecular weight is 1020 g/mol. The van der Waals surface area contributed by atoms with Crippen molar-refractivity contribution in [3.8, 4) is 57.0 Å². The highest BCUT2D eigenvalue weighted by Crippen LogP contribution is 2.45. The summed E-state index contributed by atoms with van der Waals surface area (Å²) in [7, 11) is 0. The van der Waals surface area contributed by atoms with Crippen molar-refractivity contribution in [2.75, 3.05) is 0 Å². The molecule has 0 aliphatic carbocycles. The first-order valence-electron chi connectivity index (χ1n) is 18.9. The molecule has 8 rings (SSSR count). The van der Waals surface area contributed by atoms with Crippen molar-refractivity contribution in [1.82, 2.24) is 32.2 Å². The van der Waals surface area contributed by atoms with E-state index in [2.05, 4.69) is 19.9 Å². The third-order valence-corrected chi connectivity index (χ3v) is 9.78. The third kappa shape index (κ3) is 10.4. The van der Waals surface area contributed by atoms with Gasteiger partial charge >= 0.3 is 12.4 Å². The number of carbonyl (C=O) groups excluding carboxylic acids is 2. The molecule has 0 bridgehead atoms. The third-order valence-electron chi connectivity index (χ3n) is 9.78. The molecule has 4 heterocycles. The number of carbonyl (C=O) groups is 2. The number of phenolic OH excluding ortho intramolecular Hbond substituents is 2. The summed E-state index contributed by atoms with van der Waals surface area (Å²) in [6.45, 7) is 0. The van der Waals surface area contributed by atoms with Crippen LogP contribution in [0, 0.1) is 34.9 Å². The normalized spacial score (nSPS) is 11.3. The molecule has 16 nitrogen and oxygen atoms in total. The van der Waals surface area contributed by atoms with Gasteiger partial charge in [0.2, 0.25) is 11.6 Å². The van der Waals surface area contributed by atoms with E-state index in [1.54, 1.807) is 0 Å². The van der Waals surface area contributed by atoms with Gasteiger partial charge in [-0.15, -0.1) is 0 Å². The predicted molar refractivity (Wildman–Crippen MR) is 229 cm³/mol. The summed E-state index contributed by atoms with van der Waals surface area (Å²) in [6, 6.07) is 8.03. The number of H-pyrrole nitrogens is 2. The Hall–Kier alpha value is -9.18. The molecule has 4 aromatic heterocycles. The van der Waals surface area contributed by atoms with Crippen molar-refractivity contribution in [3.05, 3.63) is 163 Å². The topological polar surface area (TPSA) is 307 Å². The van der Waals surface area contributed by atoms with Crippen LogP contribution in [0.5, 0.6) is 34.5 Å². The number of aromatic nitrogens is 4. The van der Waals surface area contributed by atoms with Crippen LogP contribution in [0.1, 0.15) is 32.1 Å². The maximum absolute atomic E-state index is 14.4. The first-order chi connectivity index (χ1) is 32.8. The van der Waals surface area contributed by atoms with Crippen LogP contribution in [0.2, 0.25) is 0 Å². The molecule has 0 fully saturated rings. The molecule has 0 spiro atoms. The monoisotopic (exact) mass is 1020 g/mol. The molecule has 0 radical (unpaired) electrons. The SMILES string of the molecule is N.N.NC(=O)c1nccc2[nH]c(-c3cc(F)c(C(F)(F)F)cc3Oc3ccc(F)c(F)c3O)cc(=O)c12.NC(=O)c1nccc2[nH]c(-c3cc(F)c(C(F)(F)F)cc3Oc3ccc(F)c(F)c3O)cc(=O)c12. The maximum Gasteiger partial charge on any atom is 0.419 e. The number of aromatic hydroxyl groups is 2. The van der Waals surface area contributed by atoms with E-state index in [0.29, 0.717) is 24.3 Å². The van der Waals surface area contributed by atoms with Crippen LogP contribution in [0.3, 0.4) is 0 Å². The summed E-state index contributed by atoms with van der Waals surface area (Å²) in [4.78, 5) is 61.3. The molecule has 0 atom stereocenters. The highest BCUT2D eigenvalue weighted by Gasteiger charge is 2.37. The standard InChI is InChI=1S/2C22H11F6N3O4.2H3N/c2*23-10-1-2-15(20(33)18(10)25)35-16-6-9(22(26,27)28)11(24)5-8(16)13-7-14(32)17-12(31-13)3-4-30-19(17)21(29)34;;/h2*1-7,33H,(H2,29,34)(H,31,32);2*1H3. The number of nitrogens with two attached hydrogens (primary N) is 2. The minimum absolute atomic E-state index is 0. The van der Waals surface area contributed by atoms with Gasteiger partial charge in [0.25, 0.3) is 11.8 Å². The summed E-state index contributed by atoms with van der Waals surface area (Å²) in [5.74, 6) is -17.7. The lowest BCUT2D eigenvalue weighted by Gasteiger charge is -2.17. The van der Waals surface area contributed by atoms with Crippen LogP contribution in [-0.2, 0) is 12.4 Å². The number of halogens is 12. The Morgan fingerprint density at radius 2 is 0.861 bits per heavy atom. The fraction of sp³-hybridized carbons (Fsp3) is 0.0455. The second-order valence-corrected chi connectivity index (χ2v) is 14.3. The minimum Gasteiger partial charge on any atom is -0.502 e. The van der Waals surface area contributed by atoms with Gasteiger partial charge in [0.1, 0.15) is 34.5 Å². The number of hydrogen-bond donors (Lipinski definition) is 8. The fourth-order valence-corrected chi connectivity index (χ4v) is 6.64. The van der Waals surface area contributed by atoms with E-state index >= 15 is 0 Å². The number of alkyl halides is 6. The highest BCUT2D eigenvalue weighted by atomic mass is 19.4. The number of nitrogens with zero attached hydrogens (tertiary/aromatic N) is 2. The van der Waals surface area contributed by atoms with E-state index in [4.69, 9.17) is 20.9 Å². The summed E-state index contributed by atoms with van der Waals surface area (Å²) >= 11 is 0. The van der Waals surface area contributed by atoms with Crippen LogP contribution in [0.4, 0.5) is 52.7 Å². The number of aromatic amines is 2. The van der Waals surface area contributed by atoms with Gasteiger partial charge in [-0.3, -0.25) is 29.1 Å². The van der Waals surface area contributed by atoms with E-state index < -0.39 is 127 Å². The van der Waals surface area contributed by atoms with Gasteiger partial charge in [-0.2, -0.15) is 35.1 Å². The Bertz CT molecular complexity index is 3370. The molecule has 376 valence electrons. The van der Waals surface area contributed by atoms with Crippen LogP contribution >= 0.6 is 0 Å². The Kier molecular flexibility index (Phi) is 15.0. The van der Waals surface area contributed by atoms with E-state index in [1.807, 2.05) is 0 Å². The van der Waals surface area contributed by atoms with Gasteiger partial charge < -0.3 is 53.4 Å². The quantitative estimate of drug-likeness (QED) is 0.0660. The molecule has 0 saturated heterocycles. The zero-order valence-electron chi connectivity index (χ0n) is 35.4. The lowest BCUT2D eigenvalue weighted by molar-refractivity contribution is -0.140. The van der Waals surface area contributed by atoms with Crippen LogP contribution < -0.4 is 44.1 Å². The molecule has 8 aromatic rings. The van der Waals surface area contributed by atoms with Crippen LogP contribution in [0.15, 0.2) is 94.8 Å². The second kappa shape index (κ2) is 20.0. The number of amides is 2. The molecule has 28 heteroatoms. The number of rotatable bonds is 8. The molecule has 2 amide bonds. The zero-order valence-corrected chi connectivity index (χ0v) is 35.4. The number of hydrogen-bond acceptors (Lipinski definition) is 12. The molecule has 0 unspecified atom stereocenters. The highest BCUT2D eigenvalue weighted by molar-refractivity contribution is 6.04. The van der Waals surface area contributed by atoms with Crippen molar-refractivity contribution < 1.29 is 82.0 Å². The predicted octanol–water partition coefficient (Wildman–Crippen LogP) is 9.57. The first kappa shape index (κ1) is 53.8. The van der Waals surface area contributed by atoms with Crippen molar-refractivity contribution in [2.45, 2.75) is 12.4 Å². The van der Waals surface area contributed by atoms with Gasteiger partial charge in [-0.05, 0) is 60.7 Å². The summed E-state index contributed by atoms with van der Waals surface area (Å²) < 4.78 is 173. The molecular formula is C44H28F12N8O8. The van der Waals surface area contributed by atoms with Crippen molar-refractivity contribution in [1.29, 1.82) is 0 Å². The Balaban J connectivity index is 0.000000260. The first-order valence-corrected chi connectivity index (χ1v) is 18.9. The molecular weight excluding hydrogens is 997 g/mol. The molecule has 0 saturated carbocycles. The van der Waals surface area contributed by atoms with Gasteiger partial charge in [0.15, 0.2) is 45.5 Å². The van der Waals surface area contributed by atoms with Crippen LogP contribution in [-0.4, -0.2) is 42.0 Å². The van der Waals surface area contributed by atoms with Crippen molar-refractivity contribution in [2.24, 2.45) is 11.5 Å². The number of phenols is 2. The summed E-state index contributed by atoms with van der Waals surface area (Å²) in [6.07, 6.45) is -8.08. The number of nitrogens with one attached hydrogen (secondary N) is 2.